The first-order chi connectivity index (χ1) is 9.72. The van der Waals surface area contributed by atoms with Gasteiger partial charge >= 0.3 is 0 Å². The lowest BCUT2D eigenvalue weighted by Crippen LogP contribution is -2.31. The first-order valence-electron chi connectivity index (χ1n) is 7.43. The standard InChI is InChI=1S/C15H24N4O/c1-3-16-13-5-6-14(17-10-13)15(20)18-9-12-7-8-19(4-2)11-12/h5-6,10,12,16H,3-4,7-9,11H2,1-2H3,(H,18,20). The van der Waals surface area contributed by atoms with E-state index in [9.17, 15) is 4.79 Å². The van der Waals surface area contributed by atoms with Gasteiger partial charge in [-0.2, -0.15) is 0 Å². The van der Waals surface area contributed by atoms with Crippen LogP contribution >= 0.6 is 0 Å². The van der Waals surface area contributed by atoms with E-state index in [1.807, 2.05) is 13.0 Å². The topological polar surface area (TPSA) is 57.3 Å². The third-order valence-electron chi connectivity index (χ3n) is 3.75. The van der Waals surface area contributed by atoms with Crippen molar-refractivity contribution in [3.8, 4) is 0 Å². The molecule has 1 aromatic heterocycles. The lowest BCUT2D eigenvalue weighted by Gasteiger charge is -2.13. The second-order valence-corrected chi connectivity index (χ2v) is 5.22. The van der Waals surface area contributed by atoms with Crippen LogP contribution in [0, 0.1) is 5.92 Å². The van der Waals surface area contributed by atoms with Crippen LogP contribution in [0.3, 0.4) is 0 Å². The summed E-state index contributed by atoms with van der Waals surface area (Å²) in [6.45, 7) is 9.13. The van der Waals surface area contributed by atoms with Crippen molar-refractivity contribution >= 4 is 11.6 Å². The number of carbonyl (C=O) groups is 1. The zero-order valence-corrected chi connectivity index (χ0v) is 12.4. The quantitative estimate of drug-likeness (QED) is 0.828. The molecule has 1 aliphatic rings. The van der Waals surface area contributed by atoms with Crippen LogP contribution in [0.4, 0.5) is 5.69 Å². The number of amides is 1. The van der Waals surface area contributed by atoms with Gasteiger partial charge in [0.25, 0.3) is 5.91 Å². The number of rotatable bonds is 6. The summed E-state index contributed by atoms with van der Waals surface area (Å²) in [6.07, 6.45) is 2.87. The molecule has 1 amide bonds. The molecule has 1 aliphatic heterocycles. The smallest absolute Gasteiger partial charge is 0.269 e. The number of aromatic nitrogens is 1. The van der Waals surface area contributed by atoms with Crippen LogP contribution in [0.5, 0.6) is 0 Å². The molecular formula is C15H24N4O. The highest BCUT2D eigenvalue weighted by molar-refractivity contribution is 5.92. The van der Waals surface area contributed by atoms with E-state index in [-0.39, 0.29) is 5.91 Å². The molecule has 20 heavy (non-hydrogen) atoms. The van der Waals surface area contributed by atoms with Crippen LogP contribution in [0.2, 0.25) is 0 Å². The van der Waals surface area contributed by atoms with E-state index < -0.39 is 0 Å². The third kappa shape index (κ3) is 3.93. The van der Waals surface area contributed by atoms with Gasteiger partial charge in [-0.15, -0.1) is 0 Å². The van der Waals surface area contributed by atoms with Gasteiger partial charge in [0.05, 0.1) is 11.9 Å². The molecule has 2 rings (SSSR count). The molecule has 5 heteroatoms. The summed E-state index contributed by atoms with van der Waals surface area (Å²) >= 11 is 0. The average Bonchev–Trinajstić information content (AvgIpc) is 2.94. The molecule has 0 bridgehead atoms. The van der Waals surface area contributed by atoms with Crippen molar-refractivity contribution in [3.05, 3.63) is 24.0 Å². The number of nitrogens with zero attached hydrogens (tertiary/aromatic N) is 2. The number of nitrogens with one attached hydrogen (secondary N) is 2. The van der Waals surface area contributed by atoms with Gasteiger partial charge in [0.15, 0.2) is 0 Å². The van der Waals surface area contributed by atoms with E-state index in [0.717, 1.165) is 38.4 Å². The van der Waals surface area contributed by atoms with Crippen molar-refractivity contribution in [2.24, 2.45) is 5.92 Å². The van der Waals surface area contributed by atoms with Gasteiger partial charge in [-0.05, 0) is 44.5 Å². The number of hydrogen-bond acceptors (Lipinski definition) is 4. The lowest BCUT2D eigenvalue weighted by molar-refractivity contribution is 0.0942. The van der Waals surface area contributed by atoms with Gasteiger partial charge in [0.2, 0.25) is 0 Å². The second-order valence-electron chi connectivity index (χ2n) is 5.22. The maximum Gasteiger partial charge on any atom is 0.269 e. The largest absolute Gasteiger partial charge is 0.384 e. The third-order valence-corrected chi connectivity index (χ3v) is 3.75. The average molecular weight is 276 g/mol. The maximum atomic E-state index is 12.0. The predicted octanol–water partition coefficient (Wildman–Crippen LogP) is 1.58. The Morgan fingerprint density at radius 2 is 2.30 bits per heavy atom. The maximum absolute atomic E-state index is 12.0. The Morgan fingerprint density at radius 3 is 2.90 bits per heavy atom. The molecule has 0 spiro atoms. The Bertz CT molecular complexity index is 432. The van der Waals surface area contributed by atoms with E-state index >= 15 is 0 Å². The molecule has 1 unspecified atom stereocenters. The molecule has 5 nitrogen and oxygen atoms in total. The zero-order chi connectivity index (χ0) is 14.4. The van der Waals surface area contributed by atoms with Crippen molar-refractivity contribution in [1.29, 1.82) is 0 Å². The van der Waals surface area contributed by atoms with Crippen molar-refractivity contribution in [2.75, 3.05) is 38.0 Å². The molecule has 1 saturated heterocycles. The van der Waals surface area contributed by atoms with E-state index in [2.05, 4.69) is 27.4 Å². The fourth-order valence-corrected chi connectivity index (χ4v) is 2.53. The molecule has 2 heterocycles. The van der Waals surface area contributed by atoms with Crippen LogP contribution in [-0.2, 0) is 0 Å². The highest BCUT2D eigenvalue weighted by Crippen LogP contribution is 2.14. The van der Waals surface area contributed by atoms with Crippen molar-refractivity contribution in [3.63, 3.8) is 0 Å². The fourth-order valence-electron chi connectivity index (χ4n) is 2.53. The highest BCUT2D eigenvalue weighted by Gasteiger charge is 2.21. The molecule has 1 fully saturated rings. The Kier molecular flexibility index (Phi) is 5.35. The van der Waals surface area contributed by atoms with Crippen molar-refractivity contribution in [1.82, 2.24) is 15.2 Å². The molecule has 1 atom stereocenters. The van der Waals surface area contributed by atoms with Gasteiger partial charge in [-0.25, -0.2) is 4.98 Å². The number of pyridine rings is 1. The minimum absolute atomic E-state index is 0.0806. The number of carbonyl (C=O) groups excluding carboxylic acids is 1. The van der Waals surface area contributed by atoms with Crippen molar-refractivity contribution in [2.45, 2.75) is 20.3 Å². The Hall–Kier alpha value is -1.62. The molecule has 0 aliphatic carbocycles. The van der Waals surface area contributed by atoms with Crippen LogP contribution in [0.25, 0.3) is 0 Å². The summed E-state index contributed by atoms with van der Waals surface area (Å²) in [5.41, 5.74) is 1.43. The van der Waals surface area contributed by atoms with Crippen LogP contribution in [-0.4, -0.2) is 48.5 Å². The summed E-state index contributed by atoms with van der Waals surface area (Å²) in [5.74, 6) is 0.489. The SMILES string of the molecule is CCNc1ccc(C(=O)NCC2CCN(CC)C2)nc1. The van der Waals surface area contributed by atoms with E-state index in [1.165, 1.54) is 6.42 Å². The molecule has 2 N–H and O–H groups in total. The van der Waals surface area contributed by atoms with Crippen LogP contribution in [0.1, 0.15) is 30.8 Å². The van der Waals surface area contributed by atoms with E-state index in [1.54, 1.807) is 12.3 Å². The molecular weight excluding hydrogens is 252 g/mol. The first kappa shape index (κ1) is 14.8. The highest BCUT2D eigenvalue weighted by atomic mass is 16.1. The summed E-state index contributed by atoms with van der Waals surface area (Å²) in [4.78, 5) is 18.6. The second kappa shape index (κ2) is 7.24. The lowest BCUT2D eigenvalue weighted by atomic mass is 10.1. The summed E-state index contributed by atoms with van der Waals surface area (Å²) in [6, 6.07) is 3.65. The molecule has 0 radical (unpaired) electrons. The monoisotopic (exact) mass is 276 g/mol. The predicted molar refractivity (Wildman–Crippen MR) is 81.0 cm³/mol. The minimum atomic E-state index is -0.0806. The molecule has 110 valence electrons. The van der Waals surface area contributed by atoms with Crippen LogP contribution in [0.15, 0.2) is 18.3 Å². The van der Waals surface area contributed by atoms with Gasteiger partial charge in [0.1, 0.15) is 5.69 Å². The molecule has 0 aromatic carbocycles. The van der Waals surface area contributed by atoms with E-state index in [4.69, 9.17) is 0 Å². The Labute approximate surface area is 120 Å². The summed E-state index contributed by atoms with van der Waals surface area (Å²) in [7, 11) is 0. The normalized spacial score (nSPS) is 19.0. The fraction of sp³-hybridized carbons (Fsp3) is 0.600. The van der Waals surface area contributed by atoms with E-state index in [0.29, 0.717) is 11.6 Å². The number of anilines is 1. The van der Waals surface area contributed by atoms with Gasteiger partial charge in [-0.1, -0.05) is 6.92 Å². The summed E-state index contributed by atoms with van der Waals surface area (Å²) < 4.78 is 0. The van der Waals surface area contributed by atoms with Gasteiger partial charge in [0, 0.05) is 19.6 Å². The van der Waals surface area contributed by atoms with Crippen LogP contribution < -0.4 is 10.6 Å². The molecule has 0 saturated carbocycles. The molecule has 1 aromatic rings. The first-order valence-corrected chi connectivity index (χ1v) is 7.43. The Morgan fingerprint density at radius 1 is 1.45 bits per heavy atom. The summed E-state index contributed by atoms with van der Waals surface area (Å²) in [5, 5.41) is 6.15. The van der Waals surface area contributed by atoms with Crippen molar-refractivity contribution < 1.29 is 4.79 Å². The van der Waals surface area contributed by atoms with Gasteiger partial charge < -0.3 is 15.5 Å². The Balaban J connectivity index is 1.79. The minimum Gasteiger partial charge on any atom is -0.384 e. The number of hydrogen-bond donors (Lipinski definition) is 2. The number of likely N-dealkylation sites (tertiary alicyclic amines) is 1. The van der Waals surface area contributed by atoms with Gasteiger partial charge in [-0.3, -0.25) is 4.79 Å². The zero-order valence-electron chi connectivity index (χ0n) is 12.4.